The van der Waals surface area contributed by atoms with Crippen molar-refractivity contribution < 1.29 is 0 Å². The van der Waals surface area contributed by atoms with Crippen molar-refractivity contribution >= 4 is 11.6 Å². The van der Waals surface area contributed by atoms with Gasteiger partial charge in [-0.05, 0) is 39.5 Å². The molecule has 0 aliphatic heterocycles. The van der Waals surface area contributed by atoms with Crippen LogP contribution in [0.1, 0.15) is 44.5 Å². The molecule has 0 amide bonds. The zero-order valence-electron chi connectivity index (χ0n) is 11.9. The van der Waals surface area contributed by atoms with E-state index in [1.54, 1.807) is 0 Å². The maximum atomic E-state index is 4.55. The molecule has 0 spiro atoms. The molecule has 4 heteroatoms. The predicted octanol–water partition coefficient (Wildman–Crippen LogP) is 3.13. The summed E-state index contributed by atoms with van der Waals surface area (Å²) in [5, 5.41) is 6.91. The van der Waals surface area contributed by atoms with Gasteiger partial charge in [0.25, 0.3) is 0 Å². The van der Waals surface area contributed by atoms with Crippen molar-refractivity contribution in [3.8, 4) is 0 Å². The summed E-state index contributed by atoms with van der Waals surface area (Å²) in [5.41, 5.74) is 1.13. The zero-order chi connectivity index (χ0) is 13.1. The Hall–Kier alpha value is -1.32. The van der Waals surface area contributed by atoms with Gasteiger partial charge in [-0.2, -0.15) is 0 Å². The quantitative estimate of drug-likeness (QED) is 0.859. The van der Waals surface area contributed by atoms with Crippen LogP contribution in [0.4, 0.5) is 11.6 Å². The summed E-state index contributed by atoms with van der Waals surface area (Å²) >= 11 is 0. The largest absolute Gasteiger partial charge is 0.370 e. The van der Waals surface area contributed by atoms with Crippen molar-refractivity contribution in [1.29, 1.82) is 0 Å². The fourth-order valence-electron chi connectivity index (χ4n) is 2.64. The van der Waals surface area contributed by atoms with Crippen molar-refractivity contribution in [2.24, 2.45) is 5.92 Å². The maximum Gasteiger partial charge on any atom is 0.134 e. The van der Waals surface area contributed by atoms with E-state index in [1.165, 1.54) is 19.3 Å². The number of anilines is 2. The number of aryl methyl sites for hydroxylation is 1. The highest BCUT2D eigenvalue weighted by molar-refractivity contribution is 5.57. The van der Waals surface area contributed by atoms with Crippen molar-refractivity contribution in [1.82, 2.24) is 9.97 Å². The topological polar surface area (TPSA) is 49.8 Å². The van der Waals surface area contributed by atoms with Crippen LogP contribution in [-0.4, -0.2) is 22.6 Å². The molecule has 2 atom stereocenters. The zero-order valence-corrected chi connectivity index (χ0v) is 11.9. The van der Waals surface area contributed by atoms with Crippen LogP contribution in [0.15, 0.2) is 0 Å². The average Bonchev–Trinajstić information content (AvgIpc) is 2.71. The van der Waals surface area contributed by atoms with Gasteiger partial charge in [0.15, 0.2) is 0 Å². The molecular weight excluding hydrogens is 224 g/mol. The molecule has 100 valence electrons. The van der Waals surface area contributed by atoms with Gasteiger partial charge in [0, 0.05) is 18.2 Å². The van der Waals surface area contributed by atoms with E-state index in [4.69, 9.17) is 0 Å². The highest BCUT2D eigenvalue weighted by atomic mass is 15.1. The summed E-state index contributed by atoms with van der Waals surface area (Å²) in [6, 6.07) is 0.562. The normalized spacial score (nSPS) is 23.1. The molecule has 0 saturated heterocycles. The molecule has 4 nitrogen and oxygen atoms in total. The molecule has 1 fully saturated rings. The summed E-state index contributed by atoms with van der Waals surface area (Å²) in [4.78, 5) is 9.01. The third-order valence-electron chi connectivity index (χ3n) is 3.79. The molecule has 2 unspecified atom stereocenters. The Morgan fingerprint density at radius 1 is 1.17 bits per heavy atom. The first-order valence-corrected chi connectivity index (χ1v) is 6.97. The second-order valence-electron chi connectivity index (χ2n) is 5.28. The Kier molecular flexibility index (Phi) is 4.04. The van der Waals surface area contributed by atoms with Crippen molar-refractivity contribution in [2.75, 3.05) is 17.2 Å². The van der Waals surface area contributed by atoms with Crippen LogP contribution in [0.2, 0.25) is 0 Å². The first-order chi connectivity index (χ1) is 8.61. The fraction of sp³-hybridized carbons (Fsp3) is 0.714. The summed E-state index contributed by atoms with van der Waals surface area (Å²) in [6.07, 6.45) is 3.89. The molecule has 0 radical (unpaired) electrons. The van der Waals surface area contributed by atoms with E-state index in [1.807, 2.05) is 6.92 Å². The summed E-state index contributed by atoms with van der Waals surface area (Å²) in [7, 11) is 0. The minimum Gasteiger partial charge on any atom is -0.370 e. The molecule has 1 aromatic heterocycles. The first kappa shape index (κ1) is 13.1. The summed E-state index contributed by atoms with van der Waals surface area (Å²) < 4.78 is 0. The van der Waals surface area contributed by atoms with E-state index in [-0.39, 0.29) is 0 Å². The second-order valence-corrected chi connectivity index (χ2v) is 5.28. The monoisotopic (exact) mass is 248 g/mol. The molecule has 0 aromatic carbocycles. The third-order valence-corrected chi connectivity index (χ3v) is 3.79. The SMILES string of the molecule is CCNc1nc(C)nc(NC2CCCC2C)c1C. The molecule has 1 aliphatic carbocycles. The lowest BCUT2D eigenvalue weighted by molar-refractivity contribution is 0.554. The van der Waals surface area contributed by atoms with E-state index in [9.17, 15) is 0 Å². The van der Waals surface area contributed by atoms with Crippen molar-refractivity contribution in [2.45, 2.75) is 53.0 Å². The lowest BCUT2D eigenvalue weighted by atomic mass is 10.1. The van der Waals surface area contributed by atoms with Gasteiger partial charge < -0.3 is 10.6 Å². The standard InChI is InChI=1S/C14H24N4/c1-5-15-13-10(3)14(17-11(4)16-13)18-12-8-6-7-9(12)2/h9,12H,5-8H2,1-4H3,(H2,15,16,17,18). The van der Waals surface area contributed by atoms with E-state index < -0.39 is 0 Å². The van der Waals surface area contributed by atoms with E-state index in [0.717, 1.165) is 35.5 Å². The minimum atomic E-state index is 0.562. The Balaban J connectivity index is 2.21. The molecule has 1 aliphatic rings. The lowest BCUT2D eigenvalue weighted by Gasteiger charge is -2.20. The van der Waals surface area contributed by atoms with Gasteiger partial charge in [-0.3, -0.25) is 0 Å². The number of hydrogen-bond donors (Lipinski definition) is 2. The fourth-order valence-corrected chi connectivity index (χ4v) is 2.64. The van der Waals surface area contributed by atoms with Gasteiger partial charge in [-0.25, -0.2) is 9.97 Å². The number of nitrogens with one attached hydrogen (secondary N) is 2. The van der Waals surface area contributed by atoms with Crippen LogP contribution in [0.25, 0.3) is 0 Å². The van der Waals surface area contributed by atoms with Crippen LogP contribution in [0.3, 0.4) is 0 Å². The molecule has 1 heterocycles. The Morgan fingerprint density at radius 2 is 1.89 bits per heavy atom. The highest BCUT2D eigenvalue weighted by Crippen LogP contribution is 2.29. The van der Waals surface area contributed by atoms with Gasteiger partial charge >= 0.3 is 0 Å². The van der Waals surface area contributed by atoms with Crippen LogP contribution in [-0.2, 0) is 0 Å². The minimum absolute atomic E-state index is 0.562. The predicted molar refractivity (Wildman–Crippen MR) is 76.1 cm³/mol. The first-order valence-electron chi connectivity index (χ1n) is 6.97. The molecule has 2 rings (SSSR count). The molecule has 1 saturated carbocycles. The number of rotatable bonds is 4. The lowest BCUT2D eigenvalue weighted by Crippen LogP contribution is -2.23. The summed E-state index contributed by atoms with van der Waals surface area (Å²) in [6.45, 7) is 9.32. The summed E-state index contributed by atoms with van der Waals surface area (Å²) in [5.74, 6) is 3.52. The van der Waals surface area contributed by atoms with Crippen molar-refractivity contribution in [3.63, 3.8) is 0 Å². The second kappa shape index (κ2) is 5.55. The maximum absolute atomic E-state index is 4.55. The number of aromatic nitrogens is 2. The van der Waals surface area contributed by atoms with Crippen LogP contribution in [0, 0.1) is 19.8 Å². The molecule has 18 heavy (non-hydrogen) atoms. The Labute approximate surface area is 110 Å². The van der Waals surface area contributed by atoms with Gasteiger partial charge in [0.2, 0.25) is 0 Å². The van der Waals surface area contributed by atoms with E-state index >= 15 is 0 Å². The molecule has 0 bridgehead atoms. The molecular formula is C14H24N4. The van der Waals surface area contributed by atoms with Gasteiger partial charge in [-0.15, -0.1) is 0 Å². The molecule has 1 aromatic rings. The Morgan fingerprint density at radius 3 is 2.50 bits per heavy atom. The highest BCUT2D eigenvalue weighted by Gasteiger charge is 2.24. The van der Waals surface area contributed by atoms with Gasteiger partial charge in [0.05, 0.1) is 0 Å². The number of hydrogen-bond acceptors (Lipinski definition) is 4. The van der Waals surface area contributed by atoms with Crippen LogP contribution >= 0.6 is 0 Å². The van der Waals surface area contributed by atoms with Crippen molar-refractivity contribution in [3.05, 3.63) is 11.4 Å². The number of nitrogens with zero attached hydrogens (tertiary/aromatic N) is 2. The molecule has 2 N–H and O–H groups in total. The average molecular weight is 248 g/mol. The van der Waals surface area contributed by atoms with E-state index in [2.05, 4.69) is 41.4 Å². The van der Waals surface area contributed by atoms with Gasteiger partial charge in [-0.1, -0.05) is 13.3 Å². The van der Waals surface area contributed by atoms with Crippen LogP contribution in [0.5, 0.6) is 0 Å². The smallest absolute Gasteiger partial charge is 0.134 e. The van der Waals surface area contributed by atoms with Crippen LogP contribution < -0.4 is 10.6 Å². The van der Waals surface area contributed by atoms with Gasteiger partial charge in [0.1, 0.15) is 17.5 Å². The third kappa shape index (κ3) is 2.74. The van der Waals surface area contributed by atoms with E-state index in [0.29, 0.717) is 6.04 Å². The Bertz CT molecular complexity index is 417.